The predicted molar refractivity (Wildman–Crippen MR) is 137 cm³/mol. The molecule has 0 N–H and O–H groups in total. The van der Waals surface area contributed by atoms with Gasteiger partial charge in [0.1, 0.15) is 5.75 Å². The van der Waals surface area contributed by atoms with Crippen LogP contribution in [0.4, 0.5) is 8.78 Å². The predicted octanol–water partition coefficient (Wildman–Crippen LogP) is 9.06. The van der Waals surface area contributed by atoms with Gasteiger partial charge in [-0.3, -0.25) is 0 Å². The zero-order valence-corrected chi connectivity index (χ0v) is 21.3. The first-order valence-corrected chi connectivity index (χ1v) is 15.7. The molecule has 0 atom stereocenters. The van der Waals surface area contributed by atoms with E-state index in [1.54, 1.807) is 30.3 Å². The van der Waals surface area contributed by atoms with E-state index in [2.05, 4.69) is 35.9 Å². The van der Waals surface area contributed by atoms with Crippen molar-refractivity contribution in [2.75, 3.05) is 0 Å². The van der Waals surface area contributed by atoms with Gasteiger partial charge in [0.25, 0.3) is 0 Å². The van der Waals surface area contributed by atoms with Crippen molar-refractivity contribution < 1.29 is 13.5 Å². The second-order valence-corrected chi connectivity index (χ2v) is 13.9. The van der Waals surface area contributed by atoms with Crippen LogP contribution in [0.1, 0.15) is 76.2 Å². The maximum Gasteiger partial charge on any atom is 0.387 e. The first-order chi connectivity index (χ1) is 16.1. The van der Waals surface area contributed by atoms with E-state index < -0.39 is 15.4 Å². The van der Waals surface area contributed by atoms with Crippen molar-refractivity contribution in [1.29, 1.82) is 0 Å². The molecule has 1 aliphatic heterocycles. The van der Waals surface area contributed by atoms with Gasteiger partial charge in [0.15, 0.2) is 0 Å². The molecule has 1 aliphatic carbocycles. The van der Waals surface area contributed by atoms with E-state index in [-0.39, 0.29) is 5.75 Å². The molecule has 0 spiro atoms. The Labute approximate surface area is 200 Å². The molecule has 1 saturated heterocycles. The molecule has 0 radical (unpaired) electrons. The first kappa shape index (κ1) is 24.4. The highest BCUT2D eigenvalue weighted by molar-refractivity contribution is 6.58. The minimum Gasteiger partial charge on any atom is -0.435 e. The molecule has 180 valence electrons. The smallest absolute Gasteiger partial charge is 0.387 e. The summed E-state index contributed by atoms with van der Waals surface area (Å²) in [5.41, 5.74) is 3.61. The average Bonchev–Trinajstić information content (AvgIpc) is 2.85. The summed E-state index contributed by atoms with van der Waals surface area (Å²) in [7, 11) is -0.393. The van der Waals surface area contributed by atoms with Gasteiger partial charge in [-0.15, -0.1) is 0 Å². The second-order valence-electron chi connectivity index (χ2n) is 10.4. The summed E-state index contributed by atoms with van der Waals surface area (Å²) in [6, 6.07) is 20.7. The Hall–Kier alpha value is -1.68. The SMILES string of the molecule is CCCCC[SiH]1CCC(C2CCC(c3ccc(-c4ccc(OC(F)F)cc4)cc3)CC2)CC1. The van der Waals surface area contributed by atoms with Crippen molar-refractivity contribution in [3.8, 4) is 16.9 Å². The fourth-order valence-electron chi connectivity index (χ4n) is 6.33. The highest BCUT2D eigenvalue weighted by atomic mass is 28.3. The van der Waals surface area contributed by atoms with Crippen LogP contribution in [0.5, 0.6) is 5.75 Å². The maximum absolute atomic E-state index is 12.3. The lowest BCUT2D eigenvalue weighted by molar-refractivity contribution is -0.0498. The third-order valence-electron chi connectivity index (χ3n) is 8.34. The van der Waals surface area contributed by atoms with E-state index in [1.165, 1.54) is 63.4 Å². The van der Waals surface area contributed by atoms with Crippen molar-refractivity contribution in [3.05, 3.63) is 54.1 Å². The van der Waals surface area contributed by atoms with Gasteiger partial charge in [0, 0.05) is 8.80 Å². The third kappa shape index (κ3) is 6.91. The van der Waals surface area contributed by atoms with E-state index in [9.17, 15) is 8.78 Å². The normalized spacial score (nSPS) is 25.8. The molecule has 0 bridgehead atoms. The van der Waals surface area contributed by atoms with Crippen LogP contribution in [0.25, 0.3) is 11.1 Å². The molecule has 0 aromatic heterocycles. The number of halogens is 2. The number of benzene rings is 2. The standard InChI is InChI=1S/C29H40F2OSi/c1-2-3-4-19-33-20-17-27(18-21-33)25-11-9-23(10-12-25)22-5-7-24(8-6-22)26-13-15-28(16-14-26)32-29(30)31/h5-8,13-16,23,25,27,29,33H,2-4,9-12,17-21H2,1H3. The minimum atomic E-state index is -2.78. The van der Waals surface area contributed by atoms with Crippen molar-refractivity contribution >= 4 is 8.80 Å². The van der Waals surface area contributed by atoms with Gasteiger partial charge in [0.05, 0.1) is 0 Å². The molecule has 0 unspecified atom stereocenters. The van der Waals surface area contributed by atoms with Crippen LogP contribution in [0.2, 0.25) is 18.1 Å². The molecule has 33 heavy (non-hydrogen) atoms. The third-order valence-corrected chi connectivity index (χ3v) is 11.9. The van der Waals surface area contributed by atoms with Crippen LogP contribution < -0.4 is 4.74 Å². The van der Waals surface area contributed by atoms with Gasteiger partial charge in [-0.2, -0.15) is 8.78 Å². The molecule has 1 nitrogen and oxygen atoms in total. The monoisotopic (exact) mass is 470 g/mol. The Kier molecular flexibility index (Phi) is 9.00. The summed E-state index contributed by atoms with van der Waals surface area (Å²) in [5, 5.41) is 0. The van der Waals surface area contributed by atoms with Gasteiger partial charge >= 0.3 is 6.61 Å². The number of hydrogen-bond acceptors (Lipinski definition) is 1. The minimum absolute atomic E-state index is 0.203. The molecule has 4 heteroatoms. The summed E-state index contributed by atoms with van der Waals surface area (Å²) in [6.45, 7) is -0.462. The Balaban J connectivity index is 1.24. The number of hydrogen-bond donors (Lipinski definition) is 0. The number of rotatable bonds is 9. The highest BCUT2D eigenvalue weighted by Gasteiger charge is 2.31. The molecular weight excluding hydrogens is 430 g/mol. The highest BCUT2D eigenvalue weighted by Crippen LogP contribution is 2.44. The molecule has 2 aromatic carbocycles. The quantitative estimate of drug-likeness (QED) is 0.262. The van der Waals surface area contributed by atoms with Crippen molar-refractivity contribution in [2.24, 2.45) is 11.8 Å². The molecule has 1 saturated carbocycles. The van der Waals surface area contributed by atoms with Crippen LogP contribution in [0.15, 0.2) is 48.5 Å². The maximum atomic E-state index is 12.3. The van der Waals surface area contributed by atoms with Crippen molar-refractivity contribution in [3.63, 3.8) is 0 Å². The summed E-state index contributed by atoms with van der Waals surface area (Å²) in [6.07, 6.45) is 12.9. The lowest BCUT2D eigenvalue weighted by Gasteiger charge is -2.37. The zero-order chi connectivity index (χ0) is 23.0. The Bertz CT molecular complexity index is 820. The van der Waals surface area contributed by atoms with Crippen LogP contribution in [-0.4, -0.2) is 15.4 Å². The van der Waals surface area contributed by atoms with Gasteiger partial charge in [-0.05, 0) is 72.3 Å². The Morgan fingerprint density at radius 3 is 1.94 bits per heavy atom. The lowest BCUT2D eigenvalue weighted by atomic mass is 9.72. The fourth-order valence-corrected chi connectivity index (χ4v) is 9.86. The molecule has 4 rings (SSSR count). The van der Waals surface area contributed by atoms with Crippen LogP contribution in [-0.2, 0) is 0 Å². The molecule has 0 amide bonds. The molecule has 2 aliphatic rings. The number of ether oxygens (including phenoxy) is 1. The molecular formula is C29H40F2OSi. The molecule has 2 fully saturated rings. The lowest BCUT2D eigenvalue weighted by Crippen LogP contribution is -2.28. The Morgan fingerprint density at radius 2 is 1.36 bits per heavy atom. The van der Waals surface area contributed by atoms with Gasteiger partial charge in [-0.1, -0.05) is 93.6 Å². The van der Waals surface area contributed by atoms with Crippen molar-refractivity contribution in [1.82, 2.24) is 0 Å². The topological polar surface area (TPSA) is 9.23 Å². The van der Waals surface area contributed by atoms with Crippen LogP contribution >= 0.6 is 0 Å². The number of unbranched alkanes of at least 4 members (excludes halogenated alkanes) is 2. The van der Waals surface area contributed by atoms with E-state index in [4.69, 9.17) is 0 Å². The van der Waals surface area contributed by atoms with Crippen LogP contribution in [0, 0.1) is 11.8 Å². The second kappa shape index (κ2) is 12.1. The molecule has 2 aromatic rings. The summed E-state index contributed by atoms with van der Waals surface area (Å²) in [4.78, 5) is 0. The van der Waals surface area contributed by atoms with Crippen molar-refractivity contribution in [2.45, 2.75) is 95.4 Å². The molecule has 1 heterocycles. The van der Waals surface area contributed by atoms with E-state index in [0.717, 1.165) is 23.0 Å². The van der Waals surface area contributed by atoms with E-state index in [1.807, 2.05) is 12.1 Å². The number of alkyl halides is 2. The summed E-state index contributed by atoms with van der Waals surface area (Å²) >= 11 is 0. The van der Waals surface area contributed by atoms with Gasteiger partial charge in [0.2, 0.25) is 0 Å². The largest absolute Gasteiger partial charge is 0.435 e. The zero-order valence-electron chi connectivity index (χ0n) is 20.2. The average molecular weight is 471 g/mol. The van der Waals surface area contributed by atoms with E-state index in [0.29, 0.717) is 5.92 Å². The fraction of sp³-hybridized carbons (Fsp3) is 0.586. The van der Waals surface area contributed by atoms with Crippen LogP contribution in [0.3, 0.4) is 0 Å². The summed E-state index contributed by atoms with van der Waals surface area (Å²) < 4.78 is 29.1. The summed E-state index contributed by atoms with van der Waals surface area (Å²) in [5.74, 6) is 2.88. The Morgan fingerprint density at radius 1 is 0.788 bits per heavy atom. The van der Waals surface area contributed by atoms with E-state index >= 15 is 0 Å². The first-order valence-electron chi connectivity index (χ1n) is 13.3. The van der Waals surface area contributed by atoms with Gasteiger partial charge in [-0.25, -0.2) is 0 Å². The van der Waals surface area contributed by atoms with Gasteiger partial charge < -0.3 is 4.74 Å².